The van der Waals surface area contributed by atoms with E-state index in [1.165, 1.54) is 0 Å². The zero-order chi connectivity index (χ0) is 16.4. The molecule has 2 aromatic rings. The largest absolute Gasteiger partial charge is 0.478 e. The SMILES string of the molecule is CN1C=CC(c2n[nH]c(=S)n2Cc2cccc(C(=O)O)c2)=CC1. The zero-order valence-corrected chi connectivity index (χ0v) is 13.4. The van der Waals surface area contributed by atoms with Crippen LogP contribution in [0.4, 0.5) is 0 Å². The van der Waals surface area contributed by atoms with Crippen LogP contribution in [0.5, 0.6) is 0 Å². The Morgan fingerprint density at radius 3 is 3.00 bits per heavy atom. The molecule has 0 amide bonds. The summed E-state index contributed by atoms with van der Waals surface area (Å²) in [4.78, 5) is 13.2. The maximum absolute atomic E-state index is 11.1. The van der Waals surface area contributed by atoms with Gasteiger partial charge in [-0.3, -0.25) is 9.67 Å². The first-order valence-corrected chi connectivity index (χ1v) is 7.52. The fraction of sp³-hybridized carbons (Fsp3) is 0.188. The van der Waals surface area contributed by atoms with Gasteiger partial charge in [-0.2, -0.15) is 5.10 Å². The number of nitrogens with one attached hydrogen (secondary N) is 1. The number of rotatable bonds is 4. The first-order chi connectivity index (χ1) is 11.0. The summed E-state index contributed by atoms with van der Waals surface area (Å²) in [6.07, 6.45) is 6.05. The van der Waals surface area contributed by atoms with E-state index in [4.69, 9.17) is 17.3 Å². The van der Waals surface area contributed by atoms with Gasteiger partial charge in [-0.25, -0.2) is 4.79 Å². The van der Waals surface area contributed by atoms with Gasteiger partial charge in [-0.1, -0.05) is 18.2 Å². The lowest BCUT2D eigenvalue weighted by molar-refractivity contribution is 0.0696. The average Bonchev–Trinajstić information content (AvgIpc) is 2.89. The van der Waals surface area contributed by atoms with Gasteiger partial charge in [0.1, 0.15) is 0 Å². The minimum absolute atomic E-state index is 0.262. The lowest BCUT2D eigenvalue weighted by Gasteiger charge is -2.17. The van der Waals surface area contributed by atoms with Crippen molar-refractivity contribution >= 4 is 23.8 Å². The first-order valence-electron chi connectivity index (χ1n) is 7.11. The number of carboxylic acids is 1. The molecule has 3 rings (SSSR count). The van der Waals surface area contributed by atoms with E-state index in [-0.39, 0.29) is 5.56 Å². The number of benzene rings is 1. The van der Waals surface area contributed by atoms with Crippen LogP contribution in [-0.2, 0) is 6.54 Å². The second-order valence-corrected chi connectivity index (χ2v) is 5.75. The van der Waals surface area contributed by atoms with Crippen LogP contribution in [0, 0.1) is 4.77 Å². The van der Waals surface area contributed by atoms with Crippen molar-refractivity contribution in [2.24, 2.45) is 0 Å². The van der Waals surface area contributed by atoms with Gasteiger partial charge in [0.25, 0.3) is 0 Å². The molecule has 2 heterocycles. The average molecular weight is 328 g/mol. The molecule has 0 unspecified atom stereocenters. The van der Waals surface area contributed by atoms with E-state index in [2.05, 4.69) is 21.2 Å². The van der Waals surface area contributed by atoms with Gasteiger partial charge in [0.05, 0.1) is 12.1 Å². The van der Waals surface area contributed by atoms with Crippen molar-refractivity contribution in [1.29, 1.82) is 0 Å². The highest BCUT2D eigenvalue weighted by Gasteiger charge is 2.13. The number of aromatic carboxylic acids is 1. The number of carboxylic acid groups (broad SMARTS) is 1. The van der Waals surface area contributed by atoms with Crippen molar-refractivity contribution in [3.8, 4) is 0 Å². The number of H-pyrrole nitrogens is 1. The Kier molecular flexibility index (Phi) is 4.12. The molecule has 0 atom stereocenters. The number of aromatic nitrogens is 3. The highest BCUT2D eigenvalue weighted by Crippen LogP contribution is 2.19. The molecule has 7 heteroatoms. The summed E-state index contributed by atoms with van der Waals surface area (Å²) in [7, 11) is 2.00. The Morgan fingerprint density at radius 2 is 2.30 bits per heavy atom. The van der Waals surface area contributed by atoms with Crippen LogP contribution in [0.2, 0.25) is 0 Å². The number of likely N-dealkylation sites (N-methyl/N-ethyl adjacent to an activating group) is 1. The molecule has 2 N–H and O–H groups in total. The van der Waals surface area contributed by atoms with Gasteiger partial charge < -0.3 is 10.0 Å². The van der Waals surface area contributed by atoms with Gasteiger partial charge in [-0.15, -0.1) is 0 Å². The summed E-state index contributed by atoms with van der Waals surface area (Å²) >= 11 is 5.32. The normalized spacial score (nSPS) is 14.0. The molecular weight excluding hydrogens is 312 g/mol. The summed E-state index contributed by atoms with van der Waals surface area (Å²) in [5.41, 5.74) is 2.11. The summed E-state index contributed by atoms with van der Waals surface area (Å²) in [6.45, 7) is 1.27. The van der Waals surface area contributed by atoms with Crippen molar-refractivity contribution < 1.29 is 9.90 Å². The van der Waals surface area contributed by atoms with Crippen molar-refractivity contribution in [2.75, 3.05) is 13.6 Å². The molecule has 118 valence electrons. The second kappa shape index (κ2) is 6.21. The van der Waals surface area contributed by atoms with Crippen LogP contribution in [0.3, 0.4) is 0 Å². The lowest BCUT2D eigenvalue weighted by atomic mass is 10.1. The first kappa shape index (κ1) is 15.2. The van der Waals surface area contributed by atoms with E-state index in [9.17, 15) is 4.79 Å². The lowest BCUT2D eigenvalue weighted by Crippen LogP contribution is -2.15. The molecule has 6 nitrogen and oxygen atoms in total. The number of carbonyl (C=O) groups is 1. The van der Waals surface area contributed by atoms with Crippen molar-refractivity contribution in [3.63, 3.8) is 0 Å². The Balaban J connectivity index is 1.94. The summed E-state index contributed by atoms with van der Waals surface area (Å²) in [5, 5.41) is 16.2. The highest BCUT2D eigenvalue weighted by molar-refractivity contribution is 7.71. The van der Waals surface area contributed by atoms with Crippen LogP contribution in [-0.4, -0.2) is 44.3 Å². The number of hydrogen-bond donors (Lipinski definition) is 2. The van der Waals surface area contributed by atoms with E-state index in [1.54, 1.807) is 18.2 Å². The van der Waals surface area contributed by atoms with Gasteiger partial charge in [-0.05, 0) is 42.2 Å². The van der Waals surface area contributed by atoms with Crippen LogP contribution in [0.15, 0.2) is 42.6 Å². The van der Waals surface area contributed by atoms with Gasteiger partial charge in [0.15, 0.2) is 10.6 Å². The number of nitrogens with zero attached hydrogens (tertiary/aromatic N) is 3. The Labute approximate surface area is 138 Å². The van der Waals surface area contributed by atoms with Crippen LogP contribution < -0.4 is 0 Å². The molecule has 23 heavy (non-hydrogen) atoms. The molecule has 0 radical (unpaired) electrons. The Morgan fingerprint density at radius 1 is 1.48 bits per heavy atom. The van der Waals surface area contributed by atoms with E-state index in [0.29, 0.717) is 11.3 Å². The van der Waals surface area contributed by atoms with E-state index in [1.807, 2.05) is 30.0 Å². The highest BCUT2D eigenvalue weighted by atomic mass is 32.1. The van der Waals surface area contributed by atoms with Gasteiger partial charge in [0.2, 0.25) is 0 Å². The number of hydrogen-bond acceptors (Lipinski definition) is 4. The molecular formula is C16H16N4O2S. The molecule has 0 saturated heterocycles. The van der Waals surface area contributed by atoms with E-state index >= 15 is 0 Å². The number of aromatic amines is 1. The molecule has 0 bridgehead atoms. The van der Waals surface area contributed by atoms with Crippen LogP contribution >= 0.6 is 12.2 Å². The Bertz CT molecular complexity index is 863. The smallest absolute Gasteiger partial charge is 0.335 e. The minimum Gasteiger partial charge on any atom is -0.478 e. The third-order valence-corrected chi connectivity index (χ3v) is 3.95. The zero-order valence-electron chi connectivity index (χ0n) is 12.6. The standard InChI is InChI=1S/C16H16N4O2S/c1-19-7-5-12(6-8-19)14-17-18-16(23)20(14)10-11-3-2-4-13(9-11)15(21)22/h2-7,9H,8,10H2,1H3,(H,18,23)(H,21,22). The maximum atomic E-state index is 11.1. The third-order valence-electron chi connectivity index (χ3n) is 3.64. The molecule has 0 saturated carbocycles. The molecule has 0 spiro atoms. The van der Waals surface area contributed by atoms with Crippen LogP contribution in [0.1, 0.15) is 21.7 Å². The predicted molar refractivity (Wildman–Crippen MR) is 89.7 cm³/mol. The molecule has 0 aliphatic carbocycles. The quantitative estimate of drug-likeness (QED) is 0.844. The van der Waals surface area contributed by atoms with E-state index in [0.717, 1.165) is 23.5 Å². The minimum atomic E-state index is -0.941. The third kappa shape index (κ3) is 3.24. The van der Waals surface area contributed by atoms with Crippen molar-refractivity contribution in [1.82, 2.24) is 19.7 Å². The van der Waals surface area contributed by atoms with Gasteiger partial charge >= 0.3 is 5.97 Å². The predicted octanol–water partition coefficient (Wildman–Crippen LogP) is 2.53. The number of allylic oxidation sites excluding steroid dienone is 2. The van der Waals surface area contributed by atoms with Crippen LogP contribution in [0.25, 0.3) is 5.57 Å². The molecule has 1 aromatic carbocycles. The topological polar surface area (TPSA) is 74.2 Å². The van der Waals surface area contributed by atoms with E-state index < -0.39 is 5.97 Å². The fourth-order valence-corrected chi connectivity index (χ4v) is 2.61. The molecule has 1 aliphatic rings. The molecule has 1 aromatic heterocycles. The summed E-state index contributed by atoms with van der Waals surface area (Å²) in [6, 6.07) is 6.84. The molecule has 1 aliphatic heterocycles. The van der Waals surface area contributed by atoms with Crippen molar-refractivity contribution in [2.45, 2.75) is 6.54 Å². The second-order valence-electron chi connectivity index (χ2n) is 5.36. The van der Waals surface area contributed by atoms with Gasteiger partial charge in [0, 0.05) is 19.2 Å². The summed E-state index contributed by atoms with van der Waals surface area (Å²) in [5.74, 6) is -0.191. The maximum Gasteiger partial charge on any atom is 0.335 e. The Hall–Kier alpha value is -2.67. The van der Waals surface area contributed by atoms with Crippen molar-refractivity contribution in [3.05, 3.63) is 64.3 Å². The monoisotopic (exact) mass is 328 g/mol. The fourth-order valence-electron chi connectivity index (χ4n) is 2.41. The summed E-state index contributed by atoms with van der Waals surface area (Å²) < 4.78 is 2.38. The molecule has 0 fully saturated rings.